The van der Waals surface area contributed by atoms with Crippen molar-refractivity contribution >= 4 is 17.4 Å². The number of hydrogen-bond acceptors (Lipinski definition) is 4. The van der Waals surface area contributed by atoms with E-state index >= 15 is 0 Å². The number of hydrogen-bond donors (Lipinski definition) is 1. The second-order valence-electron chi connectivity index (χ2n) is 4.86. The van der Waals surface area contributed by atoms with Gasteiger partial charge in [0.2, 0.25) is 0 Å². The summed E-state index contributed by atoms with van der Waals surface area (Å²) in [5, 5.41) is 6.50. The van der Waals surface area contributed by atoms with E-state index < -0.39 is 11.7 Å². The first-order chi connectivity index (χ1) is 11.4. The van der Waals surface area contributed by atoms with Crippen LogP contribution in [0.4, 0.5) is 13.2 Å². The Labute approximate surface area is 141 Å². The van der Waals surface area contributed by atoms with Gasteiger partial charge in [0.15, 0.2) is 0 Å². The molecule has 0 aliphatic carbocycles. The topological polar surface area (TPSA) is 54.9 Å². The molecule has 0 saturated carbocycles. The van der Waals surface area contributed by atoms with E-state index in [1.165, 1.54) is 12.1 Å². The Hall–Kier alpha value is -2.40. The summed E-state index contributed by atoms with van der Waals surface area (Å²) < 4.78 is 41.6. The quantitative estimate of drug-likeness (QED) is 0.858. The van der Waals surface area contributed by atoms with Crippen LogP contribution in [-0.2, 0) is 12.6 Å². The Bertz CT molecular complexity index is 775. The van der Waals surface area contributed by atoms with E-state index in [1.807, 2.05) is 6.92 Å². The van der Waals surface area contributed by atoms with Crippen molar-refractivity contribution in [3.8, 4) is 11.8 Å². The number of aryl methyl sites for hydroxylation is 1. The van der Waals surface area contributed by atoms with Crippen molar-refractivity contribution in [2.45, 2.75) is 25.9 Å². The Balaban J connectivity index is 1.97. The van der Waals surface area contributed by atoms with Gasteiger partial charge in [0.1, 0.15) is 4.88 Å². The van der Waals surface area contributed by atoms with Crippen LogP contribution >= 0.6 is 11.5 Å². The highest BCUT2D eigenvalue weighted by molar-refractivity contribution is 7.08. The fourth-order valence-corrected chi connectivity index (χ4v) is 2.53. The van der Waals surface area contributed by atoms with Gasteiger partial charge in [-0.25, -0.2) is 0 Å². The molecule has 0 spiro atoms. The van der Waals surface area contributed by atoms with E-state index in [0.29, 0.717) is 17.0 Å². The molecule has 0 fully saturated rings. The molecule has 8 heteroatoms. The summed E-state index contributed by atoms with van der Waals surface area (Å²) in [4.78, 5) is 12.4. The van der Waals surface area contributed by atoms with Crippen LogP contribution in [0.2, 0.25) is 0 Å². The minimum Gasteiger partial charge on any atom is -0.340 e. The molecule has 0 radical (unpaired) electrons. The van der Waals surface area contributed by atoms with Crippen molar-refractivity contribution in [2.75, 3.05) is 6.54 Å². The maximum atomic E-state index is 12.6. The minimum absolute atomic E-state index is 0.0263. The predicted molar refractivity (Wildman–Crippen MR) is 84.6 cm³/mol. The van der Waals surface area contributed by atoms with E-state index in [9.17, 15) is 18.0 Å². The van der Waals surface area contributed by atoms with Gasteiger partial charge in [-0.15, -0.1) is 5.10 Å². The van der Waals surface area contributed by atoms with Crippen molar-refractivity contribution in [1.82, 2.24) is 14.9 Å². The highest BCUT2D eigenvalue weighted by Gasteiger charge is 2.30. The number of aromatic nitrogens is 2. The molecular weight excluding hydrogens is 339 g/mol. The van der Waals surface area contributed by atoms with Crippen molar-refractivity contribution in [2.24, 2.45) is 0 Å². The number of benzene rings is 1. The highest BCUT2D eigenvalue weighted by Crippen LogP contribution is 2.29. The van der Waals surface area contributed by atoms with Crippen LogP contribution in [0.1, 0.15) is 39.8 Å². The third-order valence-electron chi connectivity index (χ3n) is 3.01. The SMILES string of the molecule is CCCc1nnsc1C(=O)NCC#Cc1cccc(C(F)(F)F)c1. The molecule has 24 heavy (non-hydrogen) atoms. The summed E-state index contributed by atoms with van der Waals surface area (Å²) in [7, 11) is 0. The van der Waals surface area contributed by atoms with E-state index in [4.69, 9.17) is 0 Å². The molecule has 4 nitrogen and oxygen atoms in total. The Morgan fingerprint density at radius 1 is 1.38 bits per heavy atom. The predicted octanol–water partition coefficient (Wildman–Crippen LogP) is 3.29. The number of nitrogens with one attached hydrogen (secondary N) is 1. The lowest BCUT2D eigenvalue weighted by molar-refractivity contribution is -0.137. The number of rotatable bonds is 4. The normalized spacial score (nSPS) is 10.8. The molecule has 0 saturated heterocycles. The van der Waals surface area contributed by atoms with Crippen LogP contribution in [0.5, 0.6) is 0 Å². The fourth-order valence-electron chi connectivity index (χ4n) is 1.91. The van der Waals surface area contributed by atoms with Gasteiger partial charge in [-0.05, 0) is 36.2 Å². The third-order valence-corrected chi connectivity index (χ3v) is 3.78. The zero-order valence-electron chi connectivity index (χ0n) is 12.8. The largest absolute Gasteiger partial charge is 0.416 e. The van der Waals surface area contributed by atoms with Crippen molar-refractivity contribution in [3.63, 3.8) is 0 Å². The second kappa shape index (κ2) is 7.93. The lowest BCUT2D eigenvalue weighted by atomic mass is 10.1. The molecule has 0 unspecified atom stereocenters. The molecule has 0 aliphatic heterocycles. The van der Waals surface area contributed by atoms with Crippen LogP contribution in [0.25, 0.3) is 0 Å². The summed E-state index contributed by atoms with van der Waals surface area (Å²) in [6.07, 6.45) is -2.89. The molecule has 1 amide bonds. The van der Waals surface area contributed by atoms with E-state index in [0.717, 1.165) is 30.1 Å². The highest BCUT2D eigenvalue weighted by atomic mass is 32.1. The van der Waals surface area contributed by atoms with Crippen LogP contribution < -0.4 is 5.32 Å². The van der Waals surface area contributed by atoms with Crippen molar-refractivity contribution in [3.05, 3.63) is 46.0 Å². The monoisotopic (exact) mass is 353 g/mol. The number of nitrogens with zero attached hydrogens (tertiary/aromatic N) is 2. The third kappa shape index (κ3) is 4.80. The average Bonchev–Trinajstić information content (AvgIpc) is 3.00. The number of halogens is 3. The van der Waals surface area contributed by atoms with Gasteiger partial charge < -0.3 is 5.32 Å². The Morgan fingerprint density at radius 2 is 2.17 bits per heavy atom. The number of carbonyl (C=O) groups excluding carboxylic acids is 1. The van der Waals surface area contributed by atoms with Crippen LogP contribution in [-0.4, -0.2) is 22.0 Å². The zero-order valence-corrected chi connectivity index (χ0v) is 13.6. The van der Waals surface area contributed by atoms with Crippen LogP contribution in [0, 0.1) is 11.8 Å². The number of amides is 1. The van der Waals surface area contributed by atoms with Gasteiger partial charge in [0.05, 0.1) is 17.8 Å². The van der Waals surface area contributed by atoms with E-state index in [1.54, 1.807) is 0 Å². The molecule has 1 N–H and O–H groups in total. The summed E-state index contributed by atoms with van der Waals surface area (Å²) in [6, 6.07) is 4.74. The molecule has 2 rings (SSSR count). The maximum absolute atomic E-state index is 12.6. The van der Waals surface area contributed by atoms with E-state index in [-0.39, 0.29) is 18.0 Å². The lowest BCUT2D eigenvalue weighted by Gasteiger charge is -2.05. The molecule has 1 aromatic heterocycles. The summed E-state index contributed by atoms with van der Waals surface area (Å²) >= 11 is 1.01. The Morgan fingerprint density at radius 3 is 2.88 bits per heavy atom. The van der Waals surface area contributed by atoms with Crippen LogP contribution in [0.15, 0.2) is 24.3 Å². The number of alkyl halides is 3. The lowest BCUT2D eigenvalue weighted by Crippen LogP contribution is -2.23. The number of carbonyl (C=O) groups is 1. The molecule has 2 aromatic rings. The van der Waals surface area contributed by atoms with E-state index in [2.05, 4.69) is 26.7 Å². The van der Waals surface area contributed by atoms with Gasteiger partial charge in [0, 0.05) is 5.56 Å². The Kier molecular flexibility index (Phi) is 5.93. The first kappa shape index (κ1) is 17.9. The van der Waals surface area contributed by atoms with Crippen molar-refractivity contribution < 1.29 is 18.0 Å². The second-order valence-corrected chi connectivity index (χ2v) is 5.62. The van der Waals surface area contributed by atoms with Gasteiger partial charge >= 0.3 is 6.18 Å². The average molecular weight is 353 g/mol. The molecule has 0 bridgehead atoms. The van der Waals surface area contributed by atoms with Gasteiger partial charge in [0.25, 0.3) is 5.91 Å². The van der Waals surface area contributed by atoms with Crippen LogP contribution in [0.3, 0.4) is 0 Å². The zero-order chi connectivity index (χ0) is 17.6. The van der Waals surface area contributed by atoms with Gasteiger partial charge in [-0.3, -0.25) is 4.79 Å². The molecule has 1 aromatic carbocycles. The van der Waals surface area contributed by atoms with Gasteiger partial charge in [-0.2, -0.15) is 13.2 Å². The first-order valence-corrected chi connectivity index (χ1v) is 7.94. The molecule has 126 valence electrons. The fraction of sp³-hybridized carbons (Fsp3) is 0.312. The summed E-state index contributed by atoms with van der Waals surface area (Å²) in [5.74, 6) is 4.92. The minimum atomic E-state index is -4.40. The first-order valence-electron chi connectivity index (χ1n) is 7.17. The molecule has 0 aliphatic rings. The summed E-state index contributed by atoms with van der Waals surface area (Å²) in [6.45, 7) is 2.00. The smallest absolute Gasteiger partial charge is 0.340 e. The molecule has 1 heterocycles. The summed E-state index contributed by atoms with van der Waals surface area (Å²) in [5.41, 5.74) is 0.134. The van der Waals surface area contributed by atoms with Crippen molar-refractivity contribution in [1.29, 1.82) is 0 Å². The standard InChI is InChI=1S/C16H14F3N3OS/c1-2-5-13-14(24-22-21-13)15(23)20-9-4-7-11-6-3-8-12(10-11)16(17,18)19/h3,6,8,10H,2,5,9H2,1H3,(H,20,23). The van der Waals surface area contributed by atoms with Gasteiger partial charge in [-0.1, -0.05) is 35.7 Å². The molecule has 0 atom stereocenters. The maximum Gasteiger partial charge on any atom is 0.416 e. The molecular formula is C16H14F3N3OS.